The highest BCUT2D eigenvalue weighted by molar-refractivity contribution is 5.78. The summed E-state index contributed by atoms with van der Waals surface area (Å²) in [5, 5.41) is 7.30. The monoisotopic (exact) mass is 358 g/mol. The van der Waals surface area contributed by atoms with Crippen molar-refractivity contribution in [2.24, 2.45) is 5.41 Å². The molecule has 1 aromatic heterocycles. The molecule has 26 heavy (non-hydrogen) atoms. The number of hydrogen-bond donors (Lipinski definition) is 1. The highest BCUT2D eigenvalue weighted by Crippen LogP contribution is 2.43. The van der Waals surface area contributed by atoms with E-state index in [0.29, 0.717) is 31.2 Å². The lowest BCUT2D eigenvalue weighted by atomic mass is 9.72. The van der Waals surface area contributed by atoms with E-state index in [0.717, 1.165) is 50.3 Å². The van der Waals surface area contributed by atoms with Crippen molar-refractivity contribution in [2.75, 3.05) is 19.6 Å². The fourth-order valence-electron chi connectivity index (χ4n) is 4.56. The number of likely N-dealkylation sites (tertiary alicyclic amines) is 2. The summed E-state index contributed by atoms with van der Waals surface area (Å²) < 4.78 is 0. The van der Waals surface area contributed by atoms with Gasteiger partial charge in [-0.15, -0.1) is 0 Å². The second kappa shape index (κ2) is 6.71. The first-order valence-electron chi connectivity index (χ1n) is 10.1. The van der Waals surface area contributed by atoms with Crippen molar-refractivity contribution < 1.29 is 9.59 Å². The zero-order chi connectivity index (χ0) is 18.3. The number of aromatic amines is 1. The van der Waals surface area contributed by atoms with Crippen LogP contribution in [0.3, 0.4) is 0 Å². The molecule has 1 N–H and O–H groups in total. The molecule has 0 aromatic carbocycles. The van der Waals surface area contributed by atoms with Crippen molar-refractivity contribution in [2.45, 2.75) is 71.3 Å². The van der Waals surface area contributed by atoms with Gasteiger partial charge < -0.3 is 9.80 Å². The molecule has 0 unspecified atom stereocenters. The van der Waals surface area contributed by atoms with Crippen molar-refractivity contribution >= 4 is 11.8 Å². The minimum absolute atomic E-state index is 0.242. The van der Waals surface area contributed by atoms with Gasteiger partial charge in [0.05, 0.1) is 5.69 Å². The summed E-state index contributed by atoms with van der Waals surface area (Å²) in [6, 6.07) is 0.514. The van der Waals surface area contributed by atoms with E-state index in [-0.39, 0.29) is 11.3 Å². The van der Waals surface area contributed by atoms with Gasteiger partial charge in [0.1, 0.15) is 0 Å². The maximum absolute atomic E-state index is 12.6. The van der Waals surface area contributed by atoms with Gasteiger partial charge in [-0.1, -0.05) is 0 Å². The third-order valence-electron chi connectivity index (χ3n) is 6.79. The van der Waals surface area contributed by atoms with E-state index in [4.69, 9.17) is 0 Å². The molecular formula is C20H30N4O2. The Hall–Kier alpha value is -1.85. The summed E-state index contributed by atoms with van der Waals surface area (Å²) in [4.78, 5) is 29.0. The minimum atomic E-state index is 0.242. The summed E-state index contributed by atoms with van der Waals surface area (Å²) in [5.74, 6) is 0.590. The highest BCUT2D eigenvalue weighted by atomic mass is 16.2. The van der Waals surface area contributed by atoms with Crippen molar-refractivity contribution in [3.05, 3.63) is 17.0 Å². The zero-order valence-electron chi connectivity index (χ0n) is 16.0. The van der Waals surface area contributed by atoms with Crippen molar-refractivity contribution in [1.29, 1.82) is 0 Å². The first kappa shape index (κ1) is 17.6. The summed E-state index contributed by atoms with van der Waals surface area (Å²) in [6.07, 6.45) is 7.37. The first-order chi connectivity index (χ1) is 12.5. The van der Waals surface area contributed by atoms with Gasteiger partial charge in [0.25, 0.3) is 0 Å². The number of nitrogens with zero attached hydrogens (tertiary/aromatic N) is 3. The van der Waals surface area contributed by atoms with Crippen LogP contribution in [0.1, 0.15) is 61.9 Å². The lowest BCUT2D eigenvalue weighted by Gasteiger charge is -2.47. The summed E-state index contributed by atoms with van der Waals surface area (Å²) >= 11 is 0. The number of rotatable bonds is 4. The first-order valence-corrected chi connectivity index (χ1v) is 10.1. The van der Waals surface area contributed by atoms with Crippen LogP contribution in [-0.4, -0.2) is 57.5 Å². The largest absolute Gasteiger partial charge is 0.343 e. The zero-order valence-corrected chi connectivity index (χ0v) is 16.0. The molecule has 6 heteroatoms. The minimum Gasteiger partial charge on any atom is -0.343 e. The van der Waals surface area contributed by atoms with Crippen LogP contribution in [0.4, 0.5) is 0 Å². The van der Waals surface area contributed by atoms with Crippen LogP contribution >= 0.6 is 0 Å². The Kier molecular flexibility index (Phi) is 4.53. The predicted molar refractivity (Wildman–Crippen MR) is 98.6 cm³/mol. The normalized spacial score (nSPS) is 22.9. The van der Waals surface area contributed by atoms with Crippen LogP contribution < -0.4 is 0 Å². The Morgan fingerprint density at radius 1 is 1.23 bits per heavy atom. The molecule has 6 nitrogen and oxygen atoms in total. The van der Waals surface area contributed by atoms with Crippen molar-refractivity contribution in [3.8, 4) is 0 Å². The molecule has 0 atom stereocenters. The second-order valence-corrected chi connectivity index (χ2v) is 8.55. The van der Waals surface area contributed by atoms with Gasteiger partial charge in [-0.3, -0.25) is 14.7 Å². The standard InChI is InChI=1S/C20H30N4O2/c1-14-15(2)21-22-17(14)5-6-18(25)23-11-9-20(10-12-23)8-7-19(26)24(13-20)16-3-4-16/h16H,3-13H2,1-2H3,(H,21,22). The molecule has 3 aliphatic rings. The van der Waals surface area contributed by atoms with Crippen LogP contribution in [0.2, 0.25) is 0 Å². The number of aryl methyl sites for hydroxylation is 2. The van der Waals surface area contributed by atoms with Crippen molar-refractivity contribution in [1.82, 2.24) is 20.0 Å². The number of piperidine rings is 2. The van der Waals surface area contributed by atoms with E-state index in [2.05, 4.69) is 22.0 Å². The number of nitrogens with one attached hydrogen (secondary N) is 1. The van der Waals surface area contributed by atoms with Crippen LogP contribution in [0.25, 0.3) is 0 Å². The van der Waals surface area contributed by atoms with Gasteiger partial charge in [-0.25, -0.2) is 0 Å². The van der Waals surface area contributed by atoms with Gasteiger partial charge in [-0.05, 0) is 56.9 Å². The molecule has 2 saturated heterocycles. The van der Waals surface area contributed by atoms with Gasteiger partial charge >= 0.3 is 0 Å². The van der Waals surface area contributed by atoms with Crippen LogP contribution in [0, 0.1) is 19.3 Å². The Morgan fingerprint density at radius 3 is 2.58 bits per heavy atom. The van der Waals surface area contributed by atoms with Crippen LogP contribution in [0.5, 0.6) is 0 Å². The maximum Gasteiger partial charge on any atom is 0.222 e. The average molecular weight is 358 g/mol. The van der Waals surface area contributed by atoms with E-state index in [1.165, 1.54) is 18.4 Å². The molecule has 0 bridgehead atoms. The fourth-order valence-corrected chi connectivity index (χ4v) is 4.56. The van der Waals surface area contributed by atoms with E-state index in [1.807, 2.05) is 11.8 Å². The summed E-state index contributed by atoms with van der Waals surface area (Å²) in [5.41, 5.74) is 3.51. The number of aromatic nitrogens is 2. The summed E-state index contributed by atoms with van der Waals surface area (Å²) in [7, 11) is 0. The predicted octanol–water partition coefficient (Wildman–Crippen LogP) is 2.35. The fraction of sp³-hybridized carbons (Fsp3) is 0.750. The lowest BCUT2D eigenvalue weighted by Crippen LogP contribution is -2.52. The quantitative estimate of drug-likeness (QED) is 0.898. The van der Waals surface area contributed by atoms with Crippen LogP contribution in [0.15, 0.2) is 0 Å². The molecule has 1 spiro atoms. The number of H-pyrrole nitrogens is 1. The molecule has 4 rings (SSSR count). The number of amides is 2. The third-order valence-corrected chi connectivity index (χ3v) is 6.79. The number of carbonyl (C=O) groups is 2. The SMILES string of the molecule is Cc1[nH]nc(CCC(=O)N2CCC3(CCC(=O)N(C4CC4)C3)CC2)c1C. The van der Waals surface area contributed by atoms with Crippen molar-refractivity contribution in [3.63, 3.8) is 0 Å². The molecule has 2 aliphatic heterocycles. The summed E-state index contributed by atoms with van der Waals surface area (Å²) in [6.45, 7) is 6.66. The average Bonchev–Trinajstić information content (AvgIpc) is 3.44. The molecule has 1 aromatic rings. The number of hydrogen-bond acceptors (Lipinski definition) is 3. The van der Waals surface area contributed by atoms with E-state index < -0.39 is 0 Å². The molecule has 3 fully saturated rings. The lowest BCUT2D eigenvalue weighted by molar-refractivity contribution is -0.143. The Labute approximate surface area is 155 Å². The molecule has 0 radical (unpaired) electrons. The smallest absolute Gasteiger partial charge is 0.222 e. The van der Waals surface area contributed by atoms with E-state index >= 15 is 0 Å². The Bertz CT molecular complexity index is 699. The highest BCUT2D eigenvalue weighted by Gasteiger charge is 2.45. The van der Waals surface area contributed by atoms with E-state index in [1.54, 1.807) is 0 Å². The maximum atomic E-state index is 12.6. The van der Waals surface area contributed by atoms with Gasteiger partial charge in [0.15, 0.2) is 0 Å². The Morgan fingerprint density at radius 2 is 1.96 bits per heavy atom. The van der Waals surface area contributed by atoms with Gasteiger partial charge in [-0.2, -0.15) is 5.10 Å². The molecule has 2 amide bonds. The third kappa shape index (κ3) is 3.38. The topological polar surface area (TPSA) is 69.3 Å². The number of carbonyl (C=O) groups excluding carboxylic acids is 2. The molecule has 1 saturated carbocycles. The van der Waals surface area contributed by atoms with Gasteiger partial charge in [0.2, 0.25) is 11.8 Å². The molecule has 1 aliphatic carbocycles. The Balaban J connectivity index is 1.29. The second-order valence-electron chi connectivity index (χ2n) is 8.55. The molecule has 3 heterocycles. The van der Waals surface area contributed by atoms with E-state index in [9.17, 15) is 9.59 Å². The van der Waals surface area contributed by atoms with Crippen LogP contribution in [-0.2, 0) is 16.0 Å². The molecular weight excluding hydrogens is 328 g/mol. The molecule has 142 valence electrons. The van der Waals surface area contributed by atoms with Gasteiger partial charge in [0, 0.05) is 50.6 Å².